The highest BCUT2D eigenvalue weighted by molar-refractivity contribution is 6.06. The van der Waals surface area contributed by atoms with E-state index in [-0.39, 0.29) is 17.9 Å². The minimum absolute atomic E-state index is 0.00530. The van der Waals surface area contributed by atoms with Crippen LogP contribution in [0.4, 0.5) is 13.2 Å². The van der Waals surface area contributed by atoms with Gasteiger partial charge in [0.2, 0.25) is 0 Å². The van der Waals surface area contributed by atoms with Crippen molar-refractivity contribution in [3.8, 4) is 11.8 Å². The summed E-state index contributed by atoms with van der Waals surface area (Å²) >= 11 is 0. The Bertz CT molecular complexity index is 880. The average Bonchev–Trinajstić information content (AvgIpc) is 2.61. The van der Waals surface area contributed by atoms with Gasteiger partial charge in [-0.2, -0.15) is 18.4 Å². The van der Waals surface area contributed by atoms with Crippen molar-refractivity contribution in [3.63, 3.8) is 0 Å². The zero-order valence-corrected chi connectivity index (χ0v) is 12.7. The number of nitriles is 1. The molecule has 0 saturated carbocycles. The number of benzene rings is 1. The van der Waals surface area contributed by atoms with Crippen LogP contribution in [0.15, 0.2) is 48.2 Å². The summed E-state index contributed by atoms with van der Waals surface area (Å²) in [4.78, 5) is 16.2. The summed E-state index contributed by atoms with van der Waals surface area (Å²) in [7, 11) is 0. The highest BCUT2D eigenvalue weighted by Crippen LogP contribution is 2.31. The molecule has 4 nitrogen and oxygen atoms in total. The first kappa shape index (κ1) is 16.7. The predicted molar refractivity (Wildman–Crippen MR) is 82.5 cm³/mol. The molecule has 0 spiro atoms. The van der Waals surface area contributed by atoms with Crippen molar-refractivity contribution in [1.29, 1.82) is 5.26 Å². The summed E-state index contributed by atoms with van der Waals surface area (Å²) in [6.45, 7) is -0.00530. The Hall–Kier alpha value is -3.14. The van der Waals surface area contributed by atoms with Crippen LogP contribution in [0.1, 0.15) is 22.7 Å². The van der Waals surface area contributed by atoms with Crippen LogP contribution in [0.2, 0.25) is 0 Å². The number of nitrogens with zero attached hydrogens (tertiary/aromatic N) is 2. The second kappa shape index (κ2) is 6.40. The number of carbonyl (C=O) groups excluding carboxylic acids is 1. The first-order valence-electron chi connectivity index (χ1n) is 7.29. The van der Waals surface area contributed by atoms with Crippen molar-refractivity contribution in [1.82, 2.24) is 4.98 Å². The number of hydrogen-bond donors (Lipinski definition) is 0. The van der Waals surface area contributed by atoms with E-state index >= 15 is 0 Å². The van der Waals surface area contributed by atoms with Crippen LogP contribution >= 0.6 is 0 Å². The zero-order chi connectivity index (χ0) is 18.0. The Morgan fingerprint density at radius 3 is 2.64 bits per heavy atom. The zero-order valence-electron chi connectivity index (χ0n) is 12.7. The molecule has 0 amide bonds. The minimum Gasteiger partial charge on any atom is -0.488 e. The molecule has 0 radical (unpaired) electrons. The molecule has 1 atom stereocenters. The molecule has 2 heterocycles. The van der Waals surface area contributed by atoms with Gasteiger partial charge in [0.15, 0.2) is 11.7 Å². The predicted octanol–water partition coefficient (Wildman–Crippen LogP) is 3.75. The summed E-state index contributed by atoms with van der Waals surface area (Å²) in [5.74, 6) is -1.20. The number of pyridine rings is 1. The van der Waals surface area contributed by atoms with Gasteiger partial charge >= 0.3 is 6.18 Å². The van der Waals surface area contributed by atoms with Crippen molar-refractivity contribution in [3.05, 3.63) is 65.0 Å². The number of para-hydroxylation sites is 1. The Morgan fingerprint density at radius 2 is 2.00 bits per heavy atom. The fourth-order valence-electron chi connectivity index (χ4n) is 2.45. The van der Waals surface area contributed by atoms with Crippen molar-refractivity contribution >= 4 is 11.9 Å². The summed E-state index contributed by atoms with van der Waals surface area (Å²) in [6, 6.07) is 10.8. The van der Waals surface area contributed by atoms with E-state index in [1.165, 1.54) is 0 Å². The van der Waals surface area contributed by atoms with E-state index in [0.717, 1.165) is 12.1 Å². The first-order valence-corrected chi connectivity index (χ1v) is 7.29. The Balaban J connectivity index is 1.88. The standard InChI is InChI=1S/C18H11F3N2O2/c19-18(20,21)13-5-6-15(23-9-13)14(8-22)17(24)12-7-11-3-1-2-4-16(11)25-10-12/h1-7,9,14H,10H2/t14-/m1/s1. The van der Waals surface area contributed by atoms with Gasteiger partial charge < -0.3 is 4.74 Å². The summed E-state index contributed by atoms with van der Waals surface area (Å²) in [6.07, 6.45) is -2.29. The van der Waals surface area contributed by atoms with E-state index in [2.05, 4.69) is 4.98 Å². The Morgan fingerprint density at radius 1 is 1.24 bits per heavy atom. The van der Waals surface area contributed by atoms with E-state index in [0.29, 0.717) is 17.5 Å². The van der Waals surface area contributed by atoms with Crippen LogP contribution in [0.25, 0.3) is 6.08 Å². The van der Waals surface area contributed by atoms with Gasteiger partial charge in [-0.15, -0.1) is 0 Å². The fraction of sp³-hybridized carbons (Fsp3) is 0.167. The second-order valence-electron chi connectivity index (χ2n) is 5.39. The molecule has 0 unspecified atom stereocenters. The van der Waals surface area contributed by atoms with Crippen LogP contribution in [0.5, 0.6) is 5.75 Å². The lowest BCUT2D eigenvalue weighted by Crippen LogP contribution is -2.21. The van der Waals surface area contributed by atoms with Gasteiger partial charge in [-0.1, -0.05) is 18.2 Å². The molecule has 126 valence electrons. The fourth-order valence-corrected chi connectivity index (χ4v) is 2.45. The van der Waals surface area contributed by atoms with Gasteiger partial charge in [0.05, 0.1) is 17.3 Å². The normalized spacial score (nSPS) is 14.6. The van der Waals surface area contributed by atoms with E-state index < -0.39 is 23.4 Å². The Kier molecular flexibility index (Phi) is 4.28. The third-order valence-electron chi connectivity index (χ3n) is 3.75. The maximum atomic E-state index is 12.6. The number of halogens is 3. The smallest absolute Gasteiger partial charge is 0.417 e. The van der Waals surface area contributed by atoms with Gasteiger partial charge in [-0.05, 0) is 24.3 Å². The van der Waals surface area contributed by atoms with Crippen LogP contribution in [0.3, 0.4) is 0 Å². The SMILES string of the molecule is N#C[C@@H](C(=O)C1=Cc2ccccc2OC1)c1ccc(C(F)(F)F)cn1. The van der Waals surface area contributed by atoms with Gasteiger partial charge in [-0.25, -0.2) is 0 Å². The highest BCUT2D eigenvalue weighted by Gasteiger charge is 2.32. The maximum absolute atomic E-state index is 12.6. The molecule has 1 aliphatic rings. The molecule has 7 heteroatoms. The van der Waals surface area contributed by atoms with Crippen molar-refractivity contribution in [2.24, 2.45) is 0 Å². The largest absolute Gasteiger partial charge is 0.488 e. The van der Waals surface area contributed by atoms with Crippen LogP contribution < -0.4 is 4.74 Å². The molecule has 1 aromatic carbocycles. The first-order chi connectivity index (χ1) is 11.9. The summed E-state index contributed by atoms with van der Waals surface area (Å²) in [5.41, 5.74) is 0.0101. The number of hydrogen-bond acceptors (Lipinski definition) is 4. The van der Waals surface area contributed by atoms with Crippen LogP contribution in [0, 0.1) is 11.3 Å². The molecule has 1 aromatic heterocycles. The quantitative estimate of drug-likeness (QED) is 0.851. The van der Waals surface area contributed by atoms with Crippen molar-refractivity contribution in [2.45, 2.75) is 12.1 Å². The number of ether oxygens (including phenoxy) is 1. The molecule has 0 saturated heterocycles. The molecule has 25 heavy (non-hydrogen) atoms. The highest BCUT2D eigenvalue weighted by atomic mass is 19.4. The second-order valence-corrected chi connectivity index (χ2v) is 5.39. The molecule has 0 fully saturated rings. The number of carbonyl (C=O) groups is 1. The third-order valence-corrected chi connectivity index (χ3v) is 3.75. The molecular weight excluding hydrogens is 333 g/mol. The summed E-state index contributed by atoms with van der Waals surface area (Å²) in [5, 5.41) is 9.30. The number of Topliss-reactive ketones (excluding diaryl/α,β-unsaturated/α-hetero) is 1. The van der Waals surface area contributed by atoms with E-state index in [1.54, 1.807) is 30.3 Å². The van der Waals surface area contributed by atoms with Gasteiger partial charge in [0.1, 0.15) is 12.4 Å². The van der Waals surface area contributed by atoms with Crippen molar-refractivity contribution in [2.75, 3.05) is 6.61 Å². The molecular formula is C18H11F3N2O2. The molecule has 0 N–H and O–H groups in total. The molecule has 0 bridgehead atoms. The lowest BCUT2D eigenvalue weighted by atomic mass is 9.93. The lowest BCUT2D eigenvalue weighted by Gasteiger charge is -2.18. The molecule has 2 aromatic rings. The van der Waals surface area contributed by atoms with E-state index in [9.17, 15) is 23.2 Å². The van der Waals surface area contributed by atoms with Gasteiger partial charge in [-0.3, -0.25) is 9.78 Å². The van der Waals surface area contributed by atoms with E-state index in [4.69, 9.17) is 4.74 Å². The average molecular weight is 344 g/mol. The molecule has 1 aliphatic heterocycles. The van der Waals surface area contributed by atoms with Gasteiger partial charge in [0.25, 0.3) is 0 Å². The van der Waals surface area contributed by atoms with Gasteiger partial charge in [0, 0.05) is 17.3 Å². The van der Waals surface area contributed by atoms with Crippen LogP contribution in [-0.4, -0.2) is 17.4 Å². The number of alkyl halides is 3. The maximum Gasteiger partial charge on any atom is 0.417 e. The minimum atomic E-state index is -4.53. The van der Waals surface area contributed by atoms with E-state index in [1.807, 2.05) is 6.07 Å². The Labute approximate surface area is 141 Å². The molecule has 3 rings (SSSR count). The molecule has 0 aliphatic carbocycles. The van der Waals surface area contributed by atoms with Crippen molar-refractivity contribution < 1.29 is 22.7 Å². The van der Waals surface area contributed by atoms with Crippen LogP contribution in [-0.2, 0) is 11.0 Å². The third kappa shape index (κ3) is 3.38. The number of rotatable bonds is 3. The topological polar surface area (TPSA) is 63.0 Å². The summed E-state index contributed by atoms with van der Waals surface area (Å²) < 4.78 is 43.3. The number of aromatic nitrogens is 1. The monoisotopic (exact) mass is 344 g/mol. The number of fused-ring (bicyclic) bond motifs is 1. The number of ketones is 1. The lowest BCUT2D eigenvalue weighted by molar-refractivity contribution is -0.137.